The minimum absolute atomic E-state index is 0.684. The summed E-state index contributed by atoms with van der Waals surface area (Å²) in [6.45, 7) is 2.15. The van der Waals surface area contributed by atoms with Crippen LogP contribution in [-0.2, 0) is 0 Å². The van der Waals surface area contributed by atoms with Gasteiger partial charge in [-0.2, -0.15) is 0 Å². The van der Waals surface area contributed by atoms with E-state index in [0.717, 1.165) is 29.8 Å². The fourth-order valence-electron chi connectivity index (χ4n) is 3.68. The minimum atomic E-state index is 0.684. The zero-order chi connectivity index (χ0) is 16.6. The van der Waals surface area contributed by atoms with Crippen molar-refractivity contribution in [1.82, 2.24) is 15.3 Å². The fourth-order valence-corrected chi connectivity index (χ4v) is 4.68. The Bertz CT molecular complexity index is 864. The first-order valence-corrected chi connectivity index (χ1v) is 9.99. The molecule has 0 amide bonds. The standard InChI is InChI=1S/C20H22N4S/c1-2-4-14(5-3-1)18-12-17-19(21-13-22-20(17)25-18)24-10-8-16(9-11-24)23-15-6-7-15/h1-5,12-13,15-16,23H,6-11H2. The van der Waals surface area contributed by atoms with Gasteiger partial charge in [-0.1, -0.05) is 30.3 Å². The normalized spacial score (nSPS) is 18.8. The van der Waals surface area contributed by atoms with Crippen molar-refractivity contribution >= 4 is 27.4 Å². The van der Waals surface area contributed by atoms with Gasteiger partial charge in [0.15, 0.2) is 0 Å². The Labute approximate surface area is 151 Å². The van der Waals surface area contributed by atoms with Crippen LogP contribution < -0.4 is 10.2 Å². The van der Waals surface area contributed by atoms with Crippen LogP contribution in [0.5, 0.6) is 0 Å². The van der Waals surface area contributed by atoms with E-state index in [4.69, 9.17) is 0 Å². The summed E-state index contributed by atoms with van der Waals surface area (Å²) in [5.74, 6) is 1.10. The van der Waals surface area contributed by atoms with E-state index in [0.29, 0.717) is 6.04 Å². The number of fused-ring (bicyclic) bond motifs is 1. The third kappa shape index (κ3) is 3.14. The maximum atomic E-state index is 4.64. The van der Waals surface area contributed by atoms with E-state index in [1.807, 2.05) is 0 Å². The lowest BCUT2D eigenvalue weighted by atomic mass is 10.0. The van der Waals surface area contributed by atoms with Gasteiger partial charge < -0.3 is 10.2 Å². The molecule has 2 fully saturated rings. The van der Waals surface area contributed by atoms with Gasteiger partial charge >= 0.3 is 0 Å². The number of hydrogen-bond acceptors (Lipinski definition) is 5. The molecular formula is C20H22N4S. The predicted molar refractivity (Wildman–Crippen MR) is 104 cm³/mol. The second kappa shape index (κ2) is 6.39. The maximum Gasteiger partial charge on any atom is 0.140 e. The number of anilines is 1. The third-order valence-electron chi connectivity index (χ3n) is 5.21. The second-order valence-electron chi connectivity index (χ2n) is 7.10. The molecule has 5 rings (SSSR count). The van der Waals surface area contributed by atoms with Gasteiger partial charge in [-0.05, 0) is 37.3 Å². The molecular weight excluding hydrogens is 328 g/mol. The van der Waals surface area contributed by atoms with Gasteiger partial charge in [0, 0.05) is 30.1 Å². The van der Waals surface area contributed by atoms with Crippen molar-refractivity contribution in [3.05, 3.63) is 42.7 Å². The van der Waals surface area contributed by atoms with Crippen LogP contribution in [0, 0.1) is 0 Å². The summed E-state index contributed by atoms with van der Waals surface area (Å²) in [5, 5.41) is 4.96. The quantitative estimate of drug-likeness (QED) is 0.770. The first kappa shape index (κ1) is 15.3. The number of piperidine rings is 1. The number of nitrogens with one attached hydrogen (secondary N) is 1. The number of benzene rings is 1. The van der Waals surface area contributed by atoms with Crippen molar-refractivity contribution in [3.8, 4) is 10.4 Å². The zero-order valence-electron chi connectivity index (χ0n) is 14.2. The second-order valence-corrected chi connectivity index (χ2v) is 8.13. The number of hydrogen-bond donors (Lipinski definition) is 1. The minimum Gasteiger partial charge on any atom is -0.356 e. The highest BCUT2D eigenvalue weighted by atomic mass is 32.1. The summed E-state index contributed by atoms with van der Waals surface area (Å²) < 4.78 is 0. The molecule has 3 heterocycles. The molecule has 1 aliphatic heterocycles. The van der Waals surface area contributed by atoms with Gasteiger partial charge in [0.25, 0.3) is 0 Å². The van der Waals surface area contributed by atoms with Crippen molar-refractivity contribution in [3.63, 3.8) is 0 Å². The van der Waals surface area contributed by atoms with Crippen LogP contribution >= 0.6 is 11.3 Å². The van der Waals surface area contributed by atoms with Crippen molar-refractivity contribution in [2.45, 2.75) is 37.8 Å². The molecule has 4 nitrogen and oxygen atoms in total. The molecule has 128 valence electrons. The van der Waals surface area contributed by atoms with Gasteiger partial charge in [-0.15, -0.1) is 11.3 Å². The summed E-state index contributed by atoms with van der Waals surface area (Å²) in [4.78, 5) is 13.9. The van der Waals surface area contributed by atoms with Crippen molar-refractivity contribution in [2.24, 2.45) is 0 Å². The molecule has 1 aromatic carbocycles. The average molecular weight is 350 g/mol. The lowest BCUT2D eigenvalue weighted by molar-refractivity contribution is 0.412. The number of rotatable bonds is 4. The monoisotopic (exact) mass is 350 g/mol. The summed E-state index contributed by atoms with van der Waals surface area (Å²) in [6, 6.07) is 14.3. The molecule has 2 aromatic heterocycles. The van der Waals surface area contributed by atoms with Crippen LogP contribution in [0.4, 0.5) is 5.82 Å². The first-order chi connectivity index (χ1) is 12.4. The Hall–Kier alpha value is -1.98. The third-order valence-corrected chi connectivity index (χ3v) is 6.30. The Morgan fingerprint density at radius 1 is 0.960 bits per heavy atom. The van der Waals surface area contributed by atoms with Crippen molar-refractivity contribution in [2.75, 3.05) is 18.0 Å². The van der Waals surface area contributed by atoms with Gasteiger partial charge in [0.05, 0.1) is 5.39 Å². The highest BCUT2D eigenvalue weighted by Gasteiger charge is 2.28. The summed E-state index contributed by atoms with van der Waals surface area (Å²) in [5.41, 5.74) is 1.25. The predicted octanol–water partition coefficient (Wildman–Crippen LogP) is 4.08. The zero-order valence-corrected chi connectivity index (χ0v) is 15.0. The Balaban J connectivity index is 1.40. The van der Waals surface area contributed by atoms with Crippen LogP contribution in [0.3, 0.4) is 0 Å². The van der Waals surface area contributed by atoms with Crippen LogP contribution in [0.2, 0.25) is 0 Å². The largest absolute Gasteiger partial charge is 0.356 e. The lowest BCUT2D eigenvalue weighted by Crippen LogP contribution is -2.43. The molecule has 3 aromatic rings. The molecule has 1 N–H and O–H groups in total. The molecule has 0 atom stereocenters. The fraction of sp³-hybridized carbons (Fsp3) is 0.400. The molecule has 1 aliphatic carbocycles. The van der Waals surface area contributed by atoms with Crippen LogP contribution in [0.1, 0.15) is 25.7 Å². The SMILES string of the molecule is c1ccc(-c2cc3c(N4CCC(NC5CC5)CC4)ncnc3s2)cc1. The van der Waals surface area contributed by atoms with E-state index < -0.39 is 0 Å². The van der Waals surface area contributed by atoms with Crippen LogP contribution in [-0.4, -0.2) is 35.1 Å². The molecule has 25 heavy (non-hydrogen) atoms. The first-order valence-electron chi connectivity index (χ1n) is 9.18. The van der Waals surface area contributed by atoms with Crippen molar-refractivity contribution in [1.29, 1.82) is 0 Å². The molecule has 1 saturated carbocycles. The van der Waals surface area contributed by atoms with Crippen molar-refractivity contribution < 1.29 is 0 Å². The van der Waals surface area contributed by atoms with Crippen LogP contribution in [0.15, 0.2) is 42.7 Å². The van der Waals surface area contributed by atoms with Gasteiger partial charge in [-0.25, -0.2) is 9.97 Å². The highest BCUT2D eigenvalue weighted by molar-refractivity contribution is 7.21. The highest BCUT2D eigenvalue weighted by Crippen LogP contribution is 2.36. The van der Waals surface area contributed by atoms with Crippen LogP contribution in [0.25, 0.3) is 20.7 Å². The van der Waals surface area contributed by atoms with Gasteiger partial charge in [0.1, 0.15) is 17.0 Å². The molecule has 2 aliphatic rings. The number of nitrogens with zero attached hydrogens (tertiary/aromatic N) is 3. The Morgan fingerprint density at radius 2 is 1.72 bits per heavy atom. The summed E-state index contributed by atoms with van der Waals surface area (Å²) in [6.07, 6.45) is 6.86. The van der Waals surface area contributed by atoms with Gasteiger partial charge in [-0.3, -0.25) is 0 Å². The van der Waals surface area contributed by atoms with E-state index in [1.165, 1.54) is 41.5 Å². The number of aromatic nitrogens is 2. The summed E-state index contributed by atoms with van der Waals surface area (Å²) >= 11 is 1.76. The van der Waals surface area contributed by atoms with E-state index in [9.17, 15) is 0 Å². The molecule has 0 spiro atoms. The Morgan fingerprint density at radius 3 is 2.48 bits per heavy atom. The van der Waals surface area contributed by atoms with E-state index in [1.54, 1.807) is 17.7 Å². The Kier molecular flexibility index (Phi) is 3.91. The molecule has 0 radical (unpaired) electrons. The number of thiophene rings is 1. The molecule has 0 bridgehead atoms. The average Bonchev–Trinajstić information content (AvgIpc) is 3.37. The maximum absolute atomic E-state index is 4.64. The topological polar surface area (TPSA) is 41.0 Å². The van der Waals surface area contributed by atoms with E-state index in [-0.39, 0.29) is 0 Å². The molecule has 1 saturated heterocycles. The lowest BCUT2D eigenvalue weighted by Gasteiger charge is -2.33. The van der Waals surface area contributed by atoms with E-state index >= 15 is 0 Å². The van der Waals surface area contributed by atoms with Gasteiger partial charge in [0.2, 0.25) is 0 Å². The smallest absolute Gasteiger partial charge is 0.140 e. The molecule has 0 unspecified atom stereocenters. The van der Waals surface area contributed by atoms with E-state index in [2.05, 4.69) is 56.6 Å². The molecule has 5 heteroatoms. The summed E-state index contributed by atoms with van der Waals surface area (Å²) in [7, 11) is 0.